The average Bonchev–Trinajstić information content (AvgIpc) is 2.17. The molecule has 0 amide bonds. The maximum absolute atomic E-state index is 5.88. The fourth-order valence-corrected chi connectivity index (χ4v) is 1.34. The van der Waals surface area contributed by atoms with Crippen LogP contribution in [0.3, 0.4) is 0 Å². The molecule has 0 heterocycles. The molecule has 0 atom stereocenters. The number of halogens is 1. The van der Waals surface area contributed by atoms with E-state index in [9.17, 15) is 0 Å². The zero-order chi connectivity index (χ0) is 10.4. The summed E-state index contributed by atoms with van der Waals surface area (Å²) in [7, 11) is 1.61. The first kappa shape index (κ1) is 11.3. The third-order valence-corrected chi connectivity index (χ3v) is 1.92. The van der Waals surface area contributed by atoms with Crippen molar-refractivity contribution in [2.24, 2.45) is 5.73 Å². The van der Waals surface area contributed by atoms with Gasteiger partial charge in [-0.05, 0) is 23.8 Å². The molecule has 0 aliphatic carbocycles. The van der Waals surface area contributed by atoms with E-state index in [2.05, 4.69) is 0 Å². The van der Waals surface area contributed by atoms with E-state index in [1.165, 1.54) is 0 Å². The van der Waals surface area contributed by atoms with E-state index in [-0.39, 0.29) is 0 Å². The molecule has 0 saturated heterocycles. The zero-order valence-electron chi connectivity index (χ0n) is 8.13. The molecule has 0 aliphatic rings. The molecule has 2 N–H and O–H groups in total. The monoisotopic (exact) mass is 215 g/mol. The van der Waals surface area contributed by atoms with E-state index in [1.807, 2.05) is 12.1 Å². The Morgan fingerprint density at radius 1 is 1.36 bits per heavy atom. The van der Waals surface area contributed by atoms with Gasteiger partial charge in [0.1, 0.15) is 5.75 Å². The molecular weight excluding hydrogens is 202 g/mol. The predicted molar refractivity (Wildman–Crippen MR) is 56.7 cm³/mol. The standard InChI is InChI=1S/C10H14ClNO2/c1-13-10-5-8(4-9(11)6-10)7-14-3-2-12/h4-6H,2-3,7,12H2,1H3. The van der Waals surface area contributed by atoms with Gasteiger partial charge in [0.15, 0.2) is 0 Å². The lowest BCUT2D eigenvalue weighted by Crippen LogP contribution is -2.08. The Hall–Kier alpha value is -0.770. The lowest BCUT2D eigenvalue weighted by Gasteiger charge is -2.06. The fraction of sp³-hybridized carbons (Fsp3) is 0.400. The van der Waals surface area contributed by atoms with Gasteiger partial charge in [0, 0.05) is 11.6 Å². The first-order chi connectivity index (χ1) is 6.76. The quantitative estimate of drug-likeness (QED) is 0.763. The number of nitrogens with two attached hydrogens (primary N) is 1. The van der Waals surface area contributed by atoms with Gasteiger partial charge in [0.25, 0.3) is 0 Å². The number of hydrogen-bond donors (Lipinski definition) is 1. The molecule has 0 aromatic heterocycles. The molecule has 4 heteroatoms. The fourth-order valence-electron chi connectivity index (χ4n) is 1.10. The Kier molecular flexibility index (Phi) is 4.73. The van der Waals surface area contributed by atoms with Gasteiger partial charge in [-0.25, -0.2) is 0 Å². The maximum atomic E-state index is 5.88. The molecule has 1 aromatic carbocycles. The Morgan fingerprint density at radius 2 is 2.14 bits per heavy atom. The molecule has 1 aromatic rings. The van der Waals surface area contributed by atoms with Crippen molar-refractivity contribution in [2.75, 3.05) is 20.3 Å². The highest BCUT2D eigenvalue weighted by atomic mass is 35.5. The molecule has 0 unspecified atom stereocenters. The number of ether oxygens (including phenoxy) is 2. The lowest BCUT2D eigenvalue weighted by molar-refractivity contribution is 0.128. The van der Waals surface area contributed by atoms with Crippen molar-refractivity contribution in [1.29, 1.82) is 0 Å². The Morgan fingerprint density at radius 3 is 2.79 bits per heavy atom. The molecular formula is C10H14ClNO2. The first-order valence-corrected chi connectivity index (χ1v) is 4.75. The van der Waals surface area contributed by atoms with Crippen LogP contribution in [0.5, 0.6) is 5.75 Å². The van der Waals surface area contributed by atoms with Crippen LogP contribution in [0, 0.1) is 0 Å². The summed E-state index contributed by atoms with van der Waals surface area (Å²) in [6.45, 7) is 1.58. The third-order valence-electron chi connectivity index (χ3n) is 1.70. The van der Waals surface area contributed by atoms with Crippen molar-refractivity contribution in [3.63, 3.8) is 0 Å². The average molecular weight is 216 g/mol. The molecule has 3 nitrogen and oxygen atoms in total. The summed E-state index contributed by atoms with van der Waals surface area (Å²) in [4.78, 5) is 0. The molecule has 0 spiro atoms. The van der Waals surface area contributed by atoms with E-state index in [0.717, 1.165) is 11.3 Å². The number of methoxy groups -OCH3 is 1. The Balaban J connectivity index is 2.62. The van der Waals surface area contributed by atoms with Gasteiger partial charge in [-0.15, -0.1) is 0 Å². The number of benzene rings is 1. The van der Waals surface area contributed by atoms with E-state index in [4.69, 9.17) is 26.8 Å². The van der Waals surface area contributed by atoms with Crippen LogP contribution >= 0.6 is 11.6 Å². The summed E-state index contributed by atoms with van der Waals surface area (Å²) in [6.07, 6.45) is 0. The SMILES string of the molecule is COc1cc(Cl)cc(COCCN)c1. The molecule has 0 radical (unpaired) electrons. The van der Waals surface area contributed by atoms with Crippen molar-refractivity contribution >= 4 is 11.6 Å². The van der Waals surface area contributed by atoms with Crippen LogP contribution in [0.15, 0.2) is 18.2 Å². The molecule has 0 saturated carbocycles. The summed E-state index contributed by atoms with van der Waals surface area (Å²) < 4.78 is 10.4. The van der Waals surface area contributed by atoms with Gasteiger partial charge < -0.3 is 15.2 Å². The van der Waals surface area contributed by atoms with Gasteiger partial charge in [0.05, 0.1) is 20.3 Å². The van der Waals surface area contributed by atoms with Crippen molar-refractivity contribution < 1.29 is 9.47 Å². The Labute approximate surface area is 88.8 Å². The molecule has 1 rings (SSSR count). The van der Waals surface area contributed by atoms with Crippen molar-refractivity contribution in [1.82, 2.24) is 0 Å². The van der Waals surface area contributed by atoms with Crippen LogP contribution in [0.2, 0.25) is 5.02 Å². The molecule has 0 bridgehead atoms. The van der Waals surface area contributed by atoms with E-state index in [0.29, 0.717) is 24.8 Å². The number of rotatable bonds is 5. The minimum absolute atomic E-state index is 0.508. The third kappa shape index (κ3) is 3.54. The van der Waals surface area contributed by atoms with Crippen LogP contribution in [0.25, 0.3) is 0 Å². The largest absolute Gasteiger partial charge is 0.497 e. The lowest BCUT2D eigenvalue weighted by atomic mass is 10.2. The normalized spacial score (nSPS) is 10.2. The van der Waals surface area contributed by atoms with Gasteiger partial charge in [0.2, 0.25) is 0 Å². The van der Waals surface area contributed by atoms with Crippen molar-refractivity contribution in [3.8, 4) is 5.75 Å². The van der Waals surface area contributed by atoms with E-state index < -0.39 is 0 Å². The molecule has 78 valence electrons. The second-order valence-corrected chi connectivity index (χ2v) is 3.28. The second-order valence-electron chi connectivity index (χ2n) is 2.84. The highest BCUT2D eigenvalue weighted by molar-refractivity contribution is 6.30. The highest BCUT2D eigenvalue weighted by Gasteiger charge is 1.99. The second kappa shape index (κ2) is 5.86. The minimum atomic E-state index is 0.508. The van der Waals surface area contributed by atoms with Crippen LogP contribution in [0.4, 0.5) is 0 Å². The predicted octanol–water partition coefficient (Wildman–Crippen LogP) is 1.82. The zero-order valence-corrected chi connectivity index (χ0v) is 8.88. The molecule has 14 heavy (non-hydrogen) atoms. The van der Waals surface area contributed by atoms with E-state index >= 15 is 0 Å². The molecule has 0 aliphatic heterocycles. The van der Waals surface area contributed by atoms with Crippen molar-refractivity contribution in [3.05, 3.63) is 28.8 Å². The van der Waals surface area contributed by atoms with Crippen LogP contribution in [-0.4, -0.2) is 20.3 Å². The summed E-state index contributed by atoms with van der Waals surface area (Å²) in [5, 5.41) is 0.649. The topological polar surface area (TPSA) is 44.5 Å². The number of hydrogen-bond acceptors (Lipinski definition) is 3. The summed E-state index contributed by atoms with van der Waals surface area (Å²) in [5.74, 6) is 0.740. The van der Waals surface area contributed by atoms with Crippen LogP contribution in [0.1, 0.15) is 5.56 Å². The van der Waals surface area contributed by atoms with Crippen LogP contribution in [-0.2, 0) is 11.3 Å². The highest BCUT2D eigenvalue weighted by Crippen LogP contribution is 2.21. The van der Waals surface area contributed by atoms with Gasteiger partial charge in [-0.2, -0.15) is 0 Å². The van der Waals surface area contributed by atoms with Gasteiger partial charge in [-0.1, -0.05) is 11.6 Å². The van der Waals surface area contributed by atoms with Gasteiger partial charge in [-0.3, -0.25) is 0 Å². The smallest absolute Gasteiger partial charge is 0.120 e. The first-order valence-electron chi connectivity index (χ1n) is 4.37. The summed E-state index contributed by atoms with van der Waals surface area (Å²) >= 11 is 5.88. The van der Waals surface area contributed by atoms with Crippen molar-refractivity contribution in [2.45, 2.75) is 6.61 Å². The Bertz CT molecular complexity index is 291. The summed E-state index contributed by atoms with van der Waals surface area (Å²) in [5.41, 5.74) is 6.29. The summed E-state index contributed by atoms with van der Waals surface area (Å²) in [6, 6.07) is 5.50. The van der Waals surface area contributed by atoms with Gasteiger partial charge >= 0.3 is 0 Å². The molecule has 0 fully saturated rings. The van der Waals surface area contributed by atoms with E-state index in [1.54, 1.807) is 13.2 Å². The maximum Gasteiger partial charge on any atom is 0.120 e. The van der Waals surface area contributed by atoms with Crippen LogP contribution < -0.4 is 10.5 Å². The minimum Gasteiger partial charge on any atom is -0.497 e.